The Bertz CT molecular complexity index is 1580. The maximum atomic E-state index is 11.7. The fraction of sp³-hybridized carbons (Fsp3) is 0.424. The number of carboxylic acid groups (broad SMARTS) is 1. The third kappa shape index (κ3) is 7.23. The van der Waals surface area contributed by atoms with Gasteiger partial charge in [-0.3, -0.25) is 0 Å². The van der Waals surface area contributed by atoms with E-state index in [2.05, 4.69) is 41.5 Å². The summed E-state index contributed by atoms with van der Waals surface area (Å²) < 4.78 is 31.4. The Labute approximate surface area is 292 Å². The van der Waals surface area contributed by atoms with Gasteiger partial charge in [-0.05, 0) is 64.3 Å². The van der Waals surface area contributed by atoms with E-state index < -0.39 is 19.6 Å². The number of benzene rings is 3. The second-order valence-corrected chi connectivity index (χ2v) is 14.3. The second kappa shape index (κ2) is 12.6. The molecule has 0 N–H and O–H groups in total. The van der Waals surface area contributed by atoms with E-state index in [1.54, 1.807) is 26.4 Å². The van der Waals surface area contributed by atoms with Crippen LogP contribution in [-0.2, 0) is 16.2 Å². The van der Waals surface area contributed by atoms with Crippen LogP contribution >= 0.6 is 8.24 Å². The van der Waals surface area contributed by atoms with Gasteiger partial charge in [-0.25, -0.2) is 0 Å². The van der Waals surface area contributed by atoms with Crippen LogP contribution in [0, 0.1) is 0 Å². The smallest absolute Gasteiger partial charge is 0.545 e. The van der Waals surface area contributed by atoms with Crippen molar-refractivity contribution in [3.05, 3.63) is 64.7 Å². The van der Waals surface area contributed by atoms with E-state index in [-0.39, 0.29) is 67.8 Å². The molecular weight excluding hydrogens is 578 g/mol. The number of carboxylic acids is 1. The van der Waals surface area contributed by atoms with Gasteiger partial charge in [0.1, 0.15) is 28.4 Å². The van der Waals surface area contributed by atoms with Crippen LogP contribution in [0.25, 0.3) is 21.9 Å². The van der Waals surface area contributed by atoms with Crippen molar-refractivity contribution in [2.75, 3.05) is 14.2 Å². The molecule has 0 aliphatic heterocycles. The third-order valence-corrected chi connectivity index (χ3v) is 8.04. The summed E-state index contributed by atoms with van der Waals surface area (Å²) in [6.07, 6.45) is 0. The van der Waals surface area contributed by atoms with Crippen LogP contribution in [0.4, 0.5) is 0 Å². The molecule has 0 atom stereocenters. The number of hydrogen-bond donors (Lipinski definition) is 0. The Kier molecular flexibility index (Phi) is 10.4. The minimum Gasteiger partial charge on any atom is -0.545 e. The Balaban J connectivity index is 0.00000484. The number of carbonyl (C=O) groups excluding carboxylic acids is 1. The van der Waals surface area contributed by atoms with Crippen molar-refractivity contribution in [3.8, 4) is 17.2 Å². The molecule has 0 amide bonds. The third-order valence-electron chi connectivity index (χ3n) is 7.03. The van der Waals surface area contributed by atoms with Gasteiger partial charge in [-0.1, -0.05) is 62.3 Å². The van der Waals surface area contributed by atoms with Crippen molar-refractivity contribution in [1.29, 1.82) is 0 Å². The summed E-state index contributed by atoms with van der Waals surface area (Å²) in [5, 5.41) is 13.3. The summed E-state index contributed by atoms with van der Waals surface area (Å²) in [5.74, 6) is 0.632. The van der Waals surface area contributed by atoms with E-state index in [0.717, 1.165) is 21.9 Å². The van der Waals surface area contributed by atoms with E-state index in [9.17, 15) is 9.90 Å². The Morgan fingerprint density at radius 3 is 1.48 bits per heavy atom. The molecule has 7 nitrogen and oxygen atoms in total. The first-order chi connectivity index (χ1) is 18.9. The van der Waals surface area contributed by atoms with E-state index in [1.165, 1.54) is 6.07 Å². The van der Waals surface area contributed by atoms with Crippen LogP contribution in [0.5, 0.6) is 17.2 Å². The van der Waals surface area contributed by atoms with Crippen LogP contribution in [0.2, 0.25) is 0 Å². The summed E-state index contributed by atoms with van der Waals surface area (Å²) in [4.78, 5) is 11.7. The molecule has 0 saturated heterocycles. The Morgan fingerprint density at radius 2 is 1.12 bits per heavy atom. The molecule has 0 radical (unpaired) electrons. The fourth-order valence-electron chi connectivity index (χ4n) is 4.76. The van der Waals surface area contributed by atoms with Crippen LogP contribution < -0.4 is 70.5 Å². The zero-order valence-electron chi connectivity index (χ0n) is 26.8. The molecule has 0 fully saturated rings. The van der Waals surface area contributed by atoms with Crippen molar-refractivity contribution in [2.24, 2.45) is 0 Å². The maximum absolute atomic E-state index is 11.7. The normalized spacial score (nSPS) is 12.2. The van der Waals surface area contributed by atoms with Gasteiger partial charge in [0.15, 0.2) is 0 Å². The second-order valence-electron chi connectivity index (χ2n) is 13.3. The molecule has 0 unspecified atom stereocenters. The molecule has 42 heavy (non-hydrogen) atoms. The molecule has 1 heterocycles. The summed E-state index contributed by atoms with van der Waals surface area (Å²) in [6.45, 7) is 18.7. The molecule has 3 aromatic carbocycles. The first-order valence-corrected chi connectivity index (χ1v) is 14.7. The molecule has 220 valence electrons. The number of methoxy groups -OCH3 is 2. The maximum Gasteiger partial charge on any atom is 1.00 e. The van der Waals surface area contributed by atoms with Gasteiger partial charge in [0.2, 0.25) is 0 Å². The topological polar surface area (TPSA) is 94.1 Å². The van der Waals surface area contributed by atoms with Crippen molar-refractivity contribution >= 4 is 36.1 Å². The first kappa shape index (κ1) is 34.6. The number of aromatic carboxylic acids is 1. The first-order valence-electron chi connectivity index (χ1n) is 13.6. The predicted molar refractivity (Wildman–Crippen MR) is 162 cm³/mol. The zero-order valence-corrected chi connectivity index (χ0v) is 30.9. The Hall–Kier alpha value is -1.93. The van der Waals surface area contributed by atoms with Crippen molar-refractivity contribution in [3.63, 3.8) is 0 Å². The summed E-state index contributed by atoms with van der Waals surface area (Å²) >= 11 is 0. The molecule has 0 bridgehead atoms. The summed E-state index contributed by atoms with van der Waals surface area (Å²) in [7, 11) is 1.26. The van der Waals surface area contributed by atoms with Crippen molar-refractivity contribution < 1.29 is 83.7 Å². The molecule has 0 aliphatic rings. The van der Waals surface area contributed by atoms with Gasteiger partial charge in [0.05, 0.1) is 20.2 Å². The predicted octanol–water partition coefficient (Wildman–Crippen LogP) is 5.41. The molecule has 0 saturated carbocycles. The van der Waals surface area contributed by atoms with Crippen molar-refractivity contribution in [1.82, 2.24) is 0 Å². The number of rotatable bonds is 5. The van der Waals surface area contributed by atoms with Crippen molar-refractivity contribution in [2.45, 2.75) is 78.6 Å². The molecule has 0 spiro atoms. The standard InChI is InChI=1S/C33H41O7P.K/c1-31(2,3)24-14-19(30(34)35)12-13-27(24)38-41-39-28-22(15-20(36-10)17-25(28)32(4,5)6)23-16-21(37-11)18-26(29(23)40-41)33(7,8)9;/h12-18H,1-11H3,(H,34,35);/q;+1/p-1. The van der Waals surface area contributed by atoms with Gasteiger partial charge in [-0.2, -0.15) is 0 Å². The number of hydrogen-bond acceptors (Lipinski definition) is 7. The van der Waals surface area contributed by atoms with E-state index in [0.29, 0.717) is 34.0 Å². The van der Waals surface area contributed by atoms with Crippen LogP contribution in [-0.4, -0.2) is 20.2 Å². The summed E-state index contributed by atoms with van der Waals surface area (Å²) in [5.41, 5.74) is 2.90. The monoisotopic (exact) mass is 618 g/mol. The molecule has 1 aromatic heterocycles. The Morgan fingerprint density at radius 1 is 0.690 bits per heavy atom. The summed E-state index contributed by atoms with van der Waals surface area (Å²) in [6, 6.07) is 12.6. The van der Waals surface area contributed by atoms with Crippen LogP contribution in [0.15, 0.2) is 50.9 Å². The molecule has 4 rings (SSSR count). The van der Waals surface area contributed by atoms with Gasteiger partial charge >= 0.3 is 59.6 Å². The average molecular weight is 619 g/mol. The minimum atomic E-state index is -2.04. The zero-order chi connectivity index (χ0) is 30.5. The van der Waals surface area contributed by atoms with Crippen LogP contribution in [0.3, 0.4) is 0 Å². The molecule has 4 aromatic rings. The quantitative estimate of drug-likeness (QED) is 0.276. The number of ether oxygens (including phenoxy) is 2. The van der Waals surface area contributed by atoms with Gasteiger partial charge in [0, 0.05) is 27.5 Å². The molecular formula is C33H40KO7P. The largest absolute Gasteiger partial charge is 1.00 e. The SMILES string of the molecule is COc1cc(C(C)(C)C)c2op(Oc3ccc(C(=O)[O-])cc3C(C)(C)C)oc3c(C(C)(C)C)cc(OC)cc3c2c1.[K+]. The number of fused-ring (bicyclic) bond motifs is 3. The molecule has 0 aliphatic carbocycles. The van der Waals surface area contributed by atoms with E-state index in [1.807, 2.05) is 45.0 Å². The van der Waals surface area contributed by atoms with Crippen LogP contribution in [0.1, 0.15) is 89.4 Å². The van der Waals surface area contributed by atoms with E-state index >= 15 is 0 Å². The van der Waals surface area contributed by atoms with Gasteiger partial charge in [-0.15, -0.1) is 0 Å². The van der Waals surface area contributed by atoms with E-state index in [4.69, 9.17) is 22.4 Å². The molecule has 9 heteroatoms. The minimum absolute atomic E-state index is 0. The van der Waals surface area contributed by atoms with Gasteiger partial charge < -0.3 is 32.3 Å². The fourth-order valence-corrected chi connectivity index (χ4v) is 5.88. The van der Waals surface area contributed by atoms with Gasteiger partial charge in [0.25, 0.3) is 0 Å². The average Bonchev–Trinajstić information content (AvgIpc) is 3.01. The number of carbonyl (C=O) groups is 1.